The smallest absolute Gasteiger partial charge is 0.129 e. The molecule has 0 spiro atoms. The van der Waals surface area contributed by atoms with Crippen molar-refractivity contribution in [2.75, 3.05) is 13.7 Å². The largest absolute Gasteiger partial charge is 0.384 e. The molecule has 75 valence electrons. The van der Waals surface area contributed by atoms with Gasteiger partial charge in [-0.2, -0.15) is 0 Å². The Hall–Kier alpha value is -0.960. The van der Waals surface area contributed by atoms with Crippen molar-refractivity contribution in [3.63, 3.8) is 0 Å². The molecule has 0 bridgehead atoms. The Labute approximate surface area is 84.5 Å². The molecule has 0 atom stereocenters. The molecule has 1 saturated carbocycles. The lowest BCUT2D eigenvalue weighted by molar-refractivity contribution is 0.201. The molecule has 0 N–H and O–H groups in total. The van der Waals surface area contributed by atoms with Gasteiger partial charge in [0.2, 0.25) is 0 Å². The Kier molecular flexibility index (Phi) is 3.09. The molecule has 0 amide bonds. The van der Waals surface area contributed by atoms with Crippen LogP contribution in [-0.2, 0) is 17.6 Å². The number of ether oxygens (including phenoxy) is 1. The van der Waals surface area contributed by atoms with Crippen LogP contribution in [0.25, 0.3) is 0 Å². The second kappa shape index (κ2) is 4.51. The Morgan fingerprint density at radius 1 is 1.57 bits per heavy atom. The summed E-state index contributed by atoms with van der Waals surface area (Å²) in [5.74, 6) is 1.78. The molecule has 1 radical (unpaired) electrons. The maximum atomic E-state index is 5.00. The Morgan fingerprint density at radius 2 is 2.43 bits per heavy atom. The van der Waals surface area contributed by atoms with Crippen molar-refractivity contribution in [3.05, 3.63) is 23.8 Å². The molecule has 1 aliphatic rings. The minimum Gasteiger partial charge on any atom is -0.384 e. The van der Waals surface area contributed by atoms with Crippen LogP contribution in [0.5, 0.6) is 0 Å². The minimum absolute atomic E-state index is 0.716. The van der Waals surface area contributed by atoms with E-state index in [0.29, 0.717) is 6.61 Å². The van der Waals surface area contributed by atoms with Crippen LogP contribution in [0, 0.1) is 12.1 Å². The normalized spacial score (nSPS) is 15.8. The maximum absolute atomic E-state index is 5.00. The van der Waals surface area contributed by atoms with Crippen LogP contribution in [0.4, 0.5) is 0 Å². The van der Waals surface area contributed by atoms with Crippen LogP contribution >= 0.6 is 0 Å². The molecule has 0 unspecified atom stereocenters. The van der Waals surface area contributed by atoms with E-state index in [0.717, 1.165) is 30.3 Å². The van der Waals surface area contributed by atoms with Crippen molar-refractivity contribution >= 4 is 0 Å². The van der Waals surface area contributed by atoms with Crippen molar-refractivity contribution in [1.29, 1.82) is 0 Å². The highest BCUT2D eigenvalue weighted by molar-refractivity contribution is 5.03. The molecule has 3 nitrogen and oxygen atoms in total. The number of hydrogen-bond donors (Lipinski definition) is 0. The molecule has 3 heteroatoms. The van der Waals surface area contributed by atoms with E-state index in [4.69, 9.17) is 4.74 Å². The van der Waals surface area contributed by atoms with Crippen LogP contribution in [0.3, 0.4) is 0 Å². The predicted molar refractivity (Wildman–Crippen MR) is 52.9 cm³/mol. The van der Waals surface area contributed by atoms with Gasteiger partial charge in [-0.3, -0.25) is 0 Å². The first kappa shape index (κ1) is 9.59. The summed E-state index contributed by atoms with van der Waals surface area (Å²) in [6, 6.07) is 1.84. The van der Waals surface area contributed by atoms with Gasteiger partial charge in [0.05, 0.1) is 12.8 Å². The fourth-order valence-electron chi connectivity index (χ4n) is 1.41. The highest BCUT2D eigenvalue weighted by atomic mass is 16.5. The molecule has 1 heterocycles. The second-order valence-corrected chi connectivity index (χ2v) is 3.79. The number of nitrogens with zero attached hydrogens (tertiary/aromatic N) is 2. The van der Waals surface area contributed by atoms with Gasteiger partial charge in [0.15, 0.2) is 0 Å². The first-order valence-corrected chi connectivity index (χ1v) is 5.10. The van der Waals surface area contributed by atoms with Gasteiger partial charge in [-0.15, -0.1) is 0 Å². The minimum atomic E-state index is 0.716. The summed E-state index contributed by atoms with van der Waals surface area (Å²) in [5.41, 5.74) is 1.04. The van der Waals surface area contributed by atoms with Crippen molar-refractivity contribution in [3.8, 4) is 0 Å². The number of rotatable bonds is 5. The van der Waals surface area contributed by atoms with E-state index in [1.165, 1.54) is 12.8 Å². The molecule has 1 aliphatic carbocycles. The van der Waals surface area contributed by atoms with Gasteiger partial charge in [-0.05, 0) is 24.8 Å². The lowest BCUT2D eigenvalue weighted by Gasteiger charge is -2.01. The summed E-state index contributed by atoms with van der Waals surface area (Å²) < 4.78 is 5.00. The third-order valence-corrected chi connectivity index (χ3v) is 2.43. The molecule has 0 saturated heterocycles. The number of aromatic nitrogens is 2. The van der Waals surface area contributed by atoms with Crippen LogP contribution in [0.1, 0.15) is 24.4 Å². The standard InChI is InChI=1S/C11H15N2O/c1-14-7-5-10-4-6-12-11(13-10)8-9-2-3-9/h4,9H,2-3,5,7-8H2,1H3. The van der Waals surface area contributed by atoms with Crippen LogP contribution in [-0.4, -0.2) is 23.7 Å². The SMILES string of the molecule is COCCc1c[c]nc(CC2CC2)n1. The Balaban J connectivity index is 1.94. The van der Waals surface area contributed by atoms with E-state index in [-0.39, 0.29) is 0 Å². The molecule has 1 fully saturated rings. The molecule has 2 rings (SSSR count). The van der Waals surface area contributed by atoms with Crippen LogP contribution in [0.2, 0.25) is 0 Å². The van der Waals surface area contributed by atoms with Crippen molar-refractivity contribution in [2.24, 2.45) is 5.92 Å². The first-order valence-electron chi connectivity index (χ1n) is 5.10. The summed E-state index contributed by atoms with van der Waals surface area (Å²) in [6.45, 7) is 0.716. The topological polar surface area (TPSA) is 35.0 Å². The molecule has 1 aromatic rings. The quantitative estimate of drug-likeness (QED) is 0.706. The Morgan fingerprint density at radius 3 is 3.14 bits per heavy atom. The van der Waals surface area contributed by atoms with Crippen molar-refractivity contribution < 1.29 is 4.74 Å². The van der Waals surface area contributed by atoms with Gasteiger partial charge in [0.25, 0.3) is 0 Å². The van der Waals surface area contributed by atoms with Gasteiger partial charge >= 0.3 is 0 Å². The summed E-state index contributed by atoms with van der Waals surface area (Å²) in [5, 5.41) is 0. The third-order valence-electron chi connectivity index (χ3n) is 2.43. The van der Waals surface area contributed by atoms with Crippen molar-refractivity contribution in [2.45, 2.75) is 25.7 Å². The lowest BCUT2D eigenvalue weighted by Crippen LogP contribution is -2.03. The van der Waals surface area contributed by atoms with E-state index in [1.54, 1.807) is 7.11 Å². The Bertz CT molecular complexity index is 297. The van der Waals surface area contributed by atoms with Gasteiger partial charge in [-0.1, -0.05) is 0 Å². The van der Waals surface area contributed by atoms with E-state index in [1.807, 2.05) is 6.07 Å². The van der Waals surface area contributed by atoms with Gasteiger partial charge in [-0.25, -0.2) is 9.97 Å². The zero-order valence-electron chi connectivity index (χ0n) is 8.49. The fourth-order valence-corrected chi connectivity index (χ4v) is 1.41. The summed E-state index contributed by atoms with van der Waals surface area (Å²) >= 11 is 0. The van der Waals surface area contributed by atoms with Gasteiger partial charge in [0.1, 0.15) is 5.82 Å². The zero-order valence-corrected chi connectivity index (χ0v) is 8.49. The molecule has 1 aromatic heterocycles. The van der Waals surface area contributed by atoms with E-state index in [2.05, 4.69) is 16.2 Å². The number of hydrogen-bond acceptors (Lipinski definition) is 3. The first-order chi connectivity index (χ1) is 6.88. The maximum Gasteiger partial charge on any atom is 0.129 e. The third kappa shape index (κ3) is 2.77. The average molecular weight is 191 g/mol. The fraction of sp³-hybridized carbons (Fsp3) is 0.636. The summed E-state index contributed by atoms with van der Waals surface area (Å²) in [4.78, 5) is 8.62. The molecule has 14 heavy (non-hydrogen) atoms. The summed E-state index contributed by atoms with van der Waals surface area (Å²) in [7, 11) is 1.70. The van der Waals surface area contributed by atoms with Crippen molar-refractivity contribution in [1.82, 2.24) is 9.97 Å². The number of methoxy groups -OCH3 is 1. The molecular weight excluding hydrogens is 176 g/mol. The van der Waals surface area contributed by atoms with Gasteiger partial charge in [0, 0.05) is 25.6 Å². The van der Waals surface area contributed by atoms with Crippen LogP contribution < -0.4 is 0 Å². The highest BCUT2D eigenvalue weighted by Gasteiger charge is 2.22. The molecule has 0 aromatic carbocycles. The molecule has 0 aliphatic heterocycles. The summed E-state index contributed by atoms with van der Waals surface area (Å²) in [6.07, 6.45) is 7.46. The monoisotopic (exact) mass is 191 g/mol. The van der Waals surface area contributed by atoms with E-state index >= 15 is 0 Å². The second-order valence-electron chi connectivity index (χ2n) is 3.79. The van der Waals surface area contributed by atoms with Crippen LogP contribution in [0.15, 0.2) is 6.07 Å². The zero-order chi connectivity index (χ0) is 9.80. The van der Waals surface area contributed by atoms with E-state index < -0.39 is 0 Å². The highest BCUT2D eigenvalue weighted by Crippen LogP contribution is 2.31. The van der Waals surface area contributed by atoms with E-state index in [9.17, 15) is 0 Å². The average Bonchev–Trinajstić information content (AvgIpc) is 2.99. The molecular formula is C11H15N2O. The lowest BCUT2D eigenvalue weighted by atomic mass is 10.2. The predicted octanol–water partition coefficient (Wildman–Crippen LogP) is 1.42. The van der Waals surface area contributed by atoms with Gasteiger partial charge < -0.3 is 4.74 Å².